The molecule has 0 bridgehead atoms. The molecule has 1 aliphatic heterocycles. The maximum absolute atomic E-state index is 12.1. The molecule has 1 amide bonds. The van der Waals surface area contributed by atoms with Crippen molar-refractivity contribution in [1.82, 2.24) is 4.90 Å². The van der Waals surface area contributed by atoms with Gasteiger partial charge in [0.2, 0.25) is 0 Å². The van der Waals surface area contributed by atoms with Gasteiger partial charge >= 0.3 is 0 Å². The normalized spacial score (nSPS) is 22.6. The summed E-state index contributed by atoms with van der Waals surface area (Å²) < 4.78 is 6.50. The van der Waals surface area contributed by atoms with Crippen molar-refractivity contribution in [1.29, 1.82) is 0 Å². The number of ether oxygens (including phenoxy) is 1. The van der Waals surface area contributed by atoms with Crippen LogP contribution in [-0.2, 0) is 4.79 Å². The highest BCUT2D eigenvalue weighted by molar-refractivity contribution is 9.10. The summed E-state index contributed by atoms with van der Waals surface area (Å²) in [6.07, 6.45) is 0.987. The van der Waals surface area contributed by atoms with E-state index in [2.05, 4.69) is 22.9 Å². The minimum absolute atomic E-state index is 0.0337. The van der Waals surface area contributed by atoms with Gasteiger partial charge in [0.05, 0.1) is 0 Å². The highest BCUT2D eigenvalue weighted by Gasteiger charge is 2.31. The number of carbonyl (C=O) groups excluding carboxylic acids is 1. The van der Waals surface area contributed by atoms with Gasteiger partial charge in [0.25, 0.3) is 5.91 Å². The fourth-order valence-corrected chi connectivity index (χ4v) is 2.68. The number of nitrogens with two attached hydrogens (primary N) is 1. The molecule has 2 rings (SSSR count). The van der Waals surface area contributed by atoms with Crippen LogP contribution in [0.4, 0.5) is 0 Å². The maximum atomic E-state index is 12.1. The number of benzene rings is 1. The summed E-state index contributed by atoms with van der Waals surface area (Å²) in [6.45, 7) is 3.54. The highest BCUT2D eigenvalue weighted by Crippen LogP contribution is 2.22. The lowest BCUT2D eigenvalue weighted by Crippen LogP contribution is -2.37. The molecule has 2 unspecified atom stereocenters. The molecule has 1 aromatic carbocycles. The van der Waals surface area contributed by atoms with Gasteiger partial charge in [-0.05, 0) is 50.1 Å². The van der Waals surface area contributed by atoms with Gasteiger partial charge in [-0.25, -0.2) is 0 Å². The fourth-order valence-electron chi connectivity index (χ4n) is 2.42. The Balaban J connectivity index is 1.86. The molecule has 5 heteroatoms. The topological polar surface area (TPSA) is 55.6 Å². The smallest absolute Gasteiger partial charge is 0.260 e. The molecule has 0 radical (unpaired) electrons. The molecule has 1 aromatic rings. The zero-order valence-corrected chi connectivity index (χ0v) is 12.6. The Morgan fingerprint density at radius 2 is 2.16 bits per heavy atom. The lowest BCUT2D eigenvalue weighted by atomic mass is 10.1. The first-order valence-corrected chi connectivity index (χ1v) is 7.27. The van der Waals surface area contributed by atoms with Crippen LogP contribution in [0.5, 0.6) is 5.75 Å². The number of hydrogen-bond donors (Lipinski definition) is 1. The standard InChI is InChI=1S/C14H19BrN2O2/c1-10-6-11(7-16)8-17(10)14(18)9-19-13-4-2-12(15)3-5-13/h2-5,10-11H,6-9,16H2,1H3. The molecule has 2 atom stereocenters. The molecule has 0 saturated carbocycles. The van der Waals surface area contributed by atoms with E-state index >= 15 is 0 Å². The van der Waals surface area contributed by atoms with Gasteiger partial charge < -0.3 is 15.4 Å². The molecule has 0 aromatic heterocycles. The Morgan fingerprint density at radius 1 is 1.47 bits per heavy atom. The Morgan fingerprint density at radius 3 is 2.74 bits per heavy atom. The van der Waals surface area contributed by atoms with Gasteiger partial charge in [0.15, 0.2) is 6.61 Å². The molecule has 19 heavy (non-hydrogen) atoms. The molecule has 4 nitrogen and oxygen atoms in total. The second-order valence-electron chi connectivity index (χ2n) is 4.98. The number of likely N-dealkylation sites (tertiary alicyclic amines) is 1. The lowest BCUT2D eigenvalue weighted by molar-refractivity contribution is -0.134. The van der Waals surface area contributed by atoms with E-state index in [4.69, 9.17) is 10.5 Å². The van der Waals surface area contributed by atoms with Gasteiger partial charge in [0, 0.05) is 17.1 Å². The maximum Gasteiger partial charge on any atom is 0.260 e. The van der Waals surface area contributed by atoms with Crippen LogP contribution in [0.15, 0.2) is 28.7 Å². The lowest BCUT2D eigenvalue weighted by Gasteiger charge is -2.21. The average Bonchev–Trinajstić information content (AvgIpc) is 2.79. The summed E-state index contributed by atoms with van der Waals surface area (Å²) in [5.74, 6) is 1.16. The van der Waals surface area contributed by atoms with E-state index in [0.29, 0.717) is 18.2 Å². The largest absolute Gasteiger partial charge is 0.484 e. The summed E-state index contributed by atoms with van der Waals surface area (Å²) in [6, 6.07) is 7.72. The van der Waals surface area contributed by atoms with Crippen molar-refractivity contribution in [3.8, 4) is 5.75 Å². The second kappa shape index (κ2) is 6.39. The molecule has 0 aliphatic carbocycles. The van der Waals surface area contributed by atoms with Gasteiger partial charge in [-0.2, -0.15) is 0 Å². The Bertz CT molecular complexity index is 436. The second-order valence-corrected chi connectivity index (χ2v) is 5.89. The van der Waals surface area contributed by atoms with Crippen molar-refractivity contribution in [2.45, 2.75) is 19.4 Å². The van der Waals surface area contributed by atoms with Crippen molar-refractivity contribution in [3.63, 3.8) is 0 Å². The summed E-state index contributed by atoms with van der Waals surface area (Å²) in [5, 5.41) is 0. The third-order valence-electron chi connectivity index (χ3n) is 3.49. The van der Waals surface area contributed by atoms with Crippen LogP contribution < -0.4 is 10.5 Å². The highest BCUT2D eigenvalue weighted by atomic mass is 79.9. The first-order chi connectivity index (χ1) is 9.10. The van der Waals surface area contributed by atoms with E-state index < -0.39 is 0 Å². The summed E-state index contributed by atoms with van der Waals surface area (Å²) in [7, 11) is 0. The molecule has 1 aliphatic rings. The van der Waals surface area contributed by atoms with Crippen molar-refractivity contribution in [2.24, 2.45) is 11.7 Å². The van der Waals surface area contributed by atoms with Crippen molar-refractivity contribution in [2.75, 3.05) is 19.7 Å². The number of halogens is 1. The molecule has 104 valence electrons. The number of carbonyl (C=O) groups is 1. The molecule has 1 fully saturated rings. The first-order valence-electron chi connectivity index (χ1n) is 6.48. The van der Waals surface area contributed by atoms with E-state index in [1.807, 2.05) is 29.2 Å². The zero-order valence-electron chi connectivity index (χ0n) is 11.0. The predicted molar refractivity (Wildman–Crippen MR) is 78.0 cm³/mol. The van der Waals surface area contributed by atoms with Crippen LogP contribution in [-0.4, -0.2) is 36.5 Å². The number of hydrogen-bond acceptors (Lipinski definition) is 3. The number of rotatable bonds is 4. The summed E-state index contributed by atoms with van der Waals surface area (Å²) in [5.41, 5.74) is 5.66. The SMILES string of the molecule is CC1CC(CN)CN1C(=O)COc1ccc(Br)cc1. The van der Waals surface area contributed by atoms with E-state index in [9.17, 15) is 4.79 Å². The quantitative estimate of drug-likeness (QED) is 0.921. The summed E-state index contributed by atoms with van der Waals surface area (Å²) >= 11 is 3.36. The van der Waals surface area contributed by atoms with Crippen LogP contribution in [0.25, 0.3) is 0 Å². The molecule has 1 heterocycles. The van der Waals surface area contributed by atoms with Crippen LogP contribution in [0.3, 0.4) is 0 Å². The van der Waals surface area contributed by atoms with Gasteiger partial charge in [-0.3, -0.25) is 4.79 Å². The molecule has 0 spiro atoms. The molecule has 1 saturated heterocycles. The number of nitrogens with zero attached hydrogens (tertiary/aromatic N) is 1. The Labute approximate surface area is 122 Å². The first kappa shape index (κ1) is 14.3. The van der Waals surface area contributed by atoms with E-state index in [0.717, 1.165) is 17.4 Å². The monoisotopic (exact) mass is 326 g/mol. The Kier molecular flexibility index (Phi) is 4.82. The van der Waals surface area contributed by atoms with Gasteiger partial charge in [-0.1, -0.05) is 15.9 Å². The van der Waals surface area contributed by atoms with Crippen molar-refractivity contribution < 1.29 is 9.53 Å². The van der Waals surface area contributed by atoms with E-state index in [1.54, 1.807) is 0 Å². The third kappa shape index (κ3) is 3.70. The van der Waals surface area contributed by atoms with E-state index in [-0.39, 0.29) is 18.6 Å². The van der Waals surface area contributed by atoms with Crippen LogP contribution in [0, 0.1) is 5.92 Å². The van der Waals surface area contributed by atoms with Crippen LogP contribution >= 0.6 is 15.9 Å². The molecule has 2 N–H and O–H groups in total. The minimum Gasteiger partial charge on any atom is -0.484 e. The zero-order chi connectivity index (χ0) is 13.8. The summed E-state index contributed by atoms with van der Waals surface area (Å²) in [4.78, 5) is 14.0. The fraction of sp³-hybridized carbons (Fsp3) is 0.500. The predicted octanol–water partition coefficient (Wildman–Crippen LogP) is 2.02. The van der Waals surface area contributed by atoms with Gasteiger partial charge in [0.1, 0.15) is 5.75 Å². The average molecular weight is 327 g/mol. The Hall–Kier alpha value is -1.07. The third-order valence-corrected chi connectivity index (χ3v) is 4.02. The van der Waals surface area contributed by atoms with Crippen LogP contribution in [0.1, 0.15) is 13.3 Å². The van der Waals surface area contributed by atoms with E-state index in [1.165, 1.54) is 0 Å². The minimum atomic E-state index is 0.0337. The molecular weight excluding hydrogens is 308 g/mol. The number of amides is 1. The van der Waals surface area contributed by atoms with Crippen LogP contribution in [0.2, 0.25) is 0 Å². The van der Waals surface area contributed by atoms with Gasteiger partial charge in [-0.15, -0.1) is 0 Å². The van der Waals surface area contributed by atoms with Crippen molar-refractivity contribution >= 4 is 21.8 Å². The van der Waals surface area contributed by atoms with Crippen molar-refractivity contribution in [3.05, 3.63) is 28.7 Å². The molecular formula is C14H19BrN2O2.